The van der Waals surface area contributed by atoms with Crippen molar-refractivity contribution in [2.45, 2.75) is 9.79 Å². The SMILES string of the molecule is C[N+](C)(C)CCNS(=O)(=O)c1ccc(-c2ccc(S(=O)(=O)NCC[N+](C)(C)C)cc2)cc1.[I-]. The second kappa shape index (κ2) is 11.6. The van der Waals surface area contributed by atoms with Crippen molar-refractivity contribution in [1.82, 2.24) is 9.44 Å². The summed E-state index contributed by atoms with van der Waals surface area (Å²) in [5.74, 6) is 0. The van der Waals surface area contributed by atoms with Gasteiger partial charge in [0.05, 0.1) is 78.3 Å². The van der Waals surface area contributed by atoms with Crippen molar-refractivity contribution in [2.24, 2.45) is 0 Å². The maximum absolute atomic E-state index is 12.5. The molecule has 0 fully saturated rings. The molecule has 0 aliphatic rings. The van der Waals surface area contributed by atoms with Crippen LogP contribution in [-0.2, 0) is 20.0 Å². The molecule has 2 aromatic rings. The number of benzene rings is 2. The largest absolute Gasteiger partial charge is 1.00 e. The zero-order valence-corrected chi connectivity index (χ0v) is 24.0. The van der Waals surface area contributed by atoms with E-state index in [4.69, 9.17) is 0 Å². The first-order valence-corrected chi connectivity index (χ1v) is 13.4. The van der Waals surface area contributed by atoms with Gasteiger partial charge >= 0.3 is 0 Å². The van der Waals surface area contributed by atoms with Gasteiger partial charge in [-0.05, 0) is 35.4 Å². The maximum atomic E-state index is 12.5. The topological polar surface area (TPSA) is 92.3 Å². The Bertz CT molecular complexity index is 1010. The van der Waals surface area contributed by atoms with E-state index in [1.807, 2.05) is 42.3 Å². The molecule has 0 aromatic heterocycles. The van der Waals surface area contributed by atoms with Gasteiger partial charge in [0.1, 0.15) is 0 Å². The van der Waals surface area contributed by atoms with E-state index >= 15 is 0 Å². The van der Waals surface area contributed by atoms with Gasteiger partial charge in [0.2, 0.25) is 20.0 Å². The molecule has 186 valence electrons. The lowest BCUT2D eigenvalue weighted by Gasteiger charge is -2.23. The van der Waals surface area contributed by atoms with Crippen molar-refractivity contribution in [2.75, 3.05) is 68.5 Å². The van der Waals surface area contributed by atoms with Crippen LogP contribution in [-0.4, -0.2) is 94.3 Å². The van der Waals surface area contributed by atoms with E-state index in [9.17, 15) is 16.8 Å². The fourth-order valence-electron chi connectivity index (χ4n) is 2.85. The van der Waals surface area contributed by atoms with Gasteiger partial charge in [-0.1, -0.05) is 24.3 Å². The first-order chi connectivity index (χ1) is 14.6. The van der Waals surface area contributed by atoms with Crippen LogP contribution in [0.25, 0.3) is 11.1 Å². The minimum atomic E-state index is -3.58. The van der Waals surface area contributed by atoms with Crippen molar-refractivity contribution in [1.29, 1.82) is 0 Å². The highest BCUT2D eigenvalue weighted by molar-refractivity contribution is 7.89. The summed E-state index contributed by atoms with van der Waals surface area (Å²) in [5.41, 5.74) is 1.61. The van der Waals surface area contributed by atoms with E-state index in [0.29, 0.717) is 35.1 Å². The minimum Gasteiger partial charge on any atom is -1.00 e. The molecule has 0 saturated heterocycles. The highest BCUT2D eigenvalue weighted by Gasteiger charge is 2.17. The standard InChI is InChI=1S/C22H36N4O4S2.HI/c1-25(2,3)17-15-23-31(27,28)21-11-7-19(8-12-21)20-9-13-22(14-10-20)32(29,30)24-16-18-26(4,5)6;/h7-14,23-24H,15-18H2,1-6H3;1H/q+2;/p-1. The summed E-state index contributed by atoms with van der Waals surface area (Å²) in [6.07, 6.45) is 0. The first-order valence-electron chi connectivity index (χ1n) is 10.4. The second-order valence-corrected chi connectivity index (χ2v) is 13.4. The van der Waals surface area contributed by atoms with E-state index in [1.54, 1.807) is 48.5 Å². The van der Waals surface area contributed by atoms with Crippen molar-refractivity contribution in [3.05, 3.63) is 48.5 Å². The third-order valence-corrected chi connectivity index (χ3v) is 7.77. The molecule has 33 heavy (non-hydrogen) atoms. The molecule has 2 N–H and O–H groups in total. The number of halogens is 1. The summed E-state index contributed by atoms with van der Waals surface area (Å²) >= 11 is 0. The maximum Gasteiger partial charge on any atom is 0.240 e. The smallest absolute Gasteiger partial charge is 0.240 e. The van der Waals surface area contributed by atoms with Crippen LogP contribution in [0.4, 0.5) is 0 Å². The van der Waals surface area contributed by atoms with E-state index < -0.39 is 20.0 Å². The Balaban J connectivity index is 0.00000544. The molecule has 0 radical (unpaired) electrons. The Morgan fingerprint density at radius 1 is 0.576 bits per heavy atom. The number of rotatable bonds is 11. The highest BCUT2D eigenvalue weighted by atomic mass is 127. The summed E-state index contributed by atoms with van der Waals surface area (Å²) in [6.45, 7) is 2.06. The summed E-state index contributed by atoms with van der Waals surface area (Å²) in [7, 11) is 4.85. The van der Waals surface area contributed by atoms with Crippen LogP contribution in [0.5, 0.6) is 0 Å². The molecule has 11 heteroatoms. The Hall–Kier alpha value is -1.09. The van der Waals surface area contributed by atoms with E-state index in [1.165, 1.54) is 0 Å². The normalized spacial score (nSPS) is 12.9. The molecule has 0 aliphatic carbocycles. The summed E-state index contributed by atoms with van der Waals surface area (Å²) < 4.78 is 56.5. The van der Waals surface area contributed by atoms with Crippen LogP contribution in [0.1, 0.15) is 0 Å². The molecule has 0 amide bonds. The van der Waals surface area contributed by atoms with Gasteiger partial charge in [-0.2, -0.15) is 0 Å². The van der Waals surface area contributed by atoms with Crippen molar-refractivity contribution in [3.63, 3.8) is 0 Å². The second-order valence-electron chi connectivity index (χ2n) is 9.87. The molecule has 0 atom stereocenters. The molecule has 0 aliphatic heterocycles. The van der Waals surface area contributed by atoms with Crippen LogP contribution < -0.4 is 33.4 Å². The Labute approximate surface area is 216 Å². The van der Waals surface area contributed by atoms with Crippen molar-refractivity contribution >= 4 is 20.0 Å². The lowest BCUT2D eigenvalue weighted by atomic mass is 10.1. The number of nitrogens with one attached hydrogen (secondary N) is 2. The summed E-state index contributed by atoms with van der Waals surface area (Å²) in [5, 5.41) is 0. The zero-order valence-electron chi connectivity index (χ0n) is 20.2. The average Bonchev–Trinajstić information content (AvgIpc) is 2.66. The summed E-state index contributed by atoms with van der Waals surface area (Å²) in [4.78, 5) is 0.395. The molecular formula is C22H36IN4O4S2+. The molecular weight excluding hydrogens is 575 g/mol. The number of sulfonamides is 2. The number of hydrogen-bond donors (Lipinski definition) is 2. The third-order valence-electron chi connectivity index (χ3n) is 4.81. The predicted octanol–water partition coefficient (Wildman–Crippen LogP) is -1.67. The Kier molecular flexibility index (Phi) is 10.5. The van der Waals surface area contributed by atoms with Gasteiger partial charge in [-0.25, -0.2) is 26.3 Å². The summed E-state index contributed by atoms with van der Waals surface area (Å²) in [6, 6.07) is 13.1. The van der Waals surface area contributed by atoms with Gasteiger partial charge in [0.25, 0.3) is 0 Å². The van der Waals surface area contributed by atoms with E-state index in [0.717, 1.165) is 11.1 Å². The van der Waals surface area contributed by atoms with Crippen LogP contribution in [0.15, 0.2) is 58.3 Å². The molecule has 0 spiro atoms. The van der Waals surface area contributed by atoms with Crippen molar-refractivity contribution < 1.29 is 49.8 Å². The fraction of sp³-hybridized carbons (Fsp3) is 0.455. The van der Waals surface area contributed by atoms with E-state index in [-0.39, 0.29) is 33.8 Å². The lowest BCUT2D eigenvalue weighted by Crippen LogP contribution is -3.00. The van der Waals surface area contributed by atoms with Crippen LogP contribution in [0.3, 0.4) is 0 Å². The van der Waals surface area contributed by atoms with Gasteiger partial charge in [-0.3, -0.25) is 0 Å². The van der Waals surface area contributed by atoms with Crippen LogP contribution in [0, 0.1) is 0 Å². The molecule has 2 aromatic carbocycles. The van der Waals surface area contributed by atoms with Gasteiger partial charge in [0.15, 0.2) is 0 Å². The quantitative estimate of drug-likeness (QED) is 0.235. The molecule has 8 nitrogen and oxygen atoms in total. The monoisotopic (exact) mass is 611 g/mol. The Morgan fingerprint density at radius 3 is 1.09 bits per heavy atom. The van der Waals surface area contributed by atoms with Crippen LogP contribution in [0.2, 0.25) is 0 Å². The molecule has 0 saturated carbocycles. The van der Waals surface area contributed by atoms with Gasteiger partial charge in [-0.15, -0.1) is 0 Å². The lowest BCUT2D eigenvalue weighted by molar-refractivity contribution is -0.869. The molecule has 0 unspecified atom stereocenters. The average molecular weight is 612 g/mol. The molecule has 0 heterocycles. The number of nitrogens with zero attached hydrogens (tertiary/aromatic N) is 2. The molecule has 2 rings (SSSR count). The first kappa shape index (κ1) is 29.9. The molecule has 0 bridgehead atoms. The van der Waals surface area contributed by atoms with Crippen LogP contribution >= 0.6 is 0 Å². The third kappa shape index (κ3) is 9.97. The number of quaternary nitrogens is 2. The van der Waals surface area contributed by atoms with Gasteiger partial charge < -0.3 is 32.9 Å². The number of hydrogen-bond acceptors (Lipinski definition) is 4. The number of likely N-dealkylation sites (N-methyl/N-ethyl adjacent to an activating group) is 2. The zero-order chi connectivity index (χ0) is 24.2. The van der Waals surface area contributed by atoms with E-state index in [2.05, 4.69) is 9.44 Å². The predicted molar refractivity (Wildman–Crippen MR) is 128 cm³/mol. The fourth-order valence-corrected chi connectivity index (χ4v) is 4.89. The Morgan fingerprint density at radius 2 is 0.848 bits per heavy atom. The minimum absolute atomic E-state index is 0. The van der Waals surface area contributed by atoms with Gasteiger partial charge in [0, 0.05) is 0 Å². The highest BCUT2D eigenvalue weighted by Crippen LogP contribution is 2.23. The van der Waals surface area contributed by atoms with Crippen molar-refractivity contribution in [3.8, 4) is 11.1 Å².